The van der Waals surface area contributed by atoms with Crippen molar-refractivity contribution in [1.82, 2.24) is 5.32 Å². The highest BCUT2D eigenvalue weighted by atomic mass is 16.5. The molecule has 6 nitrogen and oxygen atoms in total. The summed E-state index contributed by atoms with van der Waals surface area (Å²) >= 11 is 0. The molecular weight excluding hydrogens is 466 g/mol. The fraction of sp³-hybridized carbons (Fsp3) is 0.419. The summed E-state index contributed by atoms with van der Waals surface area (Å²) in [6.45, 7) is 1.90. The molecule has 1 heterocycles. The molecule has 0 spiro atoms. The number of benzene rings is 2. The number of hydrogen-bond donors (Lipinski definition) is 1. The lowest BCUT2D eigenvalue weighted by atomic mass is 9.71. The van der Waals surface area contributed by atoms with E-state index in [2.05, 4.69) is 17.4 Å². The van der Waals surface area contributed by atoms with Crippen LogP contribution in [0.1, 0.15) is 74.8 Å². The fourth-order valence-corrected chi connectivity index (χ4v) is 6.04. The third kappa shape index (κ3) is 5.02. The largest absolute Gasteiger partial charge is 0.497 e. The summed E-state index contributed by atoms with van der Waals surface area (Å²) in [5.41, 5.74) is 4.56. The SMILES string of the molecule is COc1ccc(OC)c([C@@H]2C(C(=O)OC3CCCCC3)=C(C)NC3=C2C(=O)C[C@@H](c2ccccc2)C3)c1. The maximum Gasteiger partial charge on any atom is 0.337 e. The fourth-order valence-electron chi connectivity index (χ4n) is 6.04. The second-order valence-electron chi connectivity index (χ2n) is 10.2. The molecule has 37 heavy (non-hydrogen) atoms. The molecule has 0 amide bonds. The number of allylic oxidation sites excluding steroid dienone is 3. The van der Waals surface area contributed by atoms with Crippen molar-refractivity contribution in [2.24, 2.45) is 0 Å². The van der Waals surface area contributed by atoms with E-state index in [4.69, 9.17) is 14.2 Å². The van der Waals surface area contributed by atoms with Gasteiger partial charge in [-0.05, 0) is 68.7 Å². The van der Waals surface area contributed by atoms with Crippen LogP contribution in [0.15, 0.2) is 71.1 Å². The first-order valence-corrected chi connectivity index (χ1v) is 13.2. The third-order valence-electron chi connectivity index (χ3n) is 7.89. The van der Waals surface area contributed by atoms with Gasteiger partial charge in [0.15, 0.2) is 5.78 Å². The number of esters is 1. The summed E-state index contributed by atoms with van der Waals surface area (Å²) in [6, 6.07) is 15.7. The van der Waals surface area contributed by atoms with Gasteiger partial charge in [0.1, 0.15) is 17.6 Å². The van der Waals surface area contributed by atoms with E-state index in [-0.39, 0.29) is 23.8 Å². The molecule has 2 aromatic rings. The Kier molecular flexibility index (Phi) is 7.36. The van der Waals surface area contributed by atoms with Crippen LogP contribution in [0.5, 0.6) is 11.5 Å². The summed E-state index contributed by atoms with van der Waals surface area (Å²) in [6.07, 6.45) is 6.05. The average molecular weight is 502 g/mol. The topological polar surface area (TPSA) is 73.9 Å². The van der Waals surface area contributed by atoms with Gasteiger partial charge in [0, 0.05) is 29.0 Å². The van der Waals surface area contributed by atoms with Crippen molar-refractivity contribution in [3.8, 4) is 11.5 Å². The Balaban J connectivity index is 1.59. The van der Waals surface area contributed by atoms with Crippen LogP contribution < -0.4 is 14.8 Å². The first kappa shape index (κ1) is 25.1. The van der Waals surface area contributed by atoms with Crippen molar-refractivity contribution >= 4 is 11.8 Å². The minimum absolute atomic E-state index is 0.0351. The van der Waals surface area contributed by atoms with Gasteiger partial charge in [0.25, 0.3) is 0 Å². The molecule has 1 saturated carbocycles. The Hall–Kier alpha value is -3.54. The zero-order valence-corrected chi connectivity index (χ0v) is 21.8. The number of methoxy groups -OCH3 is 2. The summed E-state index contributed by atoms with van der Waals surface area (Å²) in [5.74, 6) is 0.398. The van der Waals surface area contributed by atoms with E-state index < -0.39 is 5.92 Å². The van der Waals surface area contributed by atoms with Crippen molar-refractivity contribution < 1.29 is 23.8 Å². The van der Waals surface area contributed by atoms with Gasteiger partial charge < -0.3 is 19.5 Å². The number of ketones is 1. The van der Waals surface area contributed by atoms with Gasteiger partial charge in [-0.2, -0.15) is 0 Å². The quantitative estimate of drug-likeness (QED) is 0.494. The first-order chi connectivity index (χ1) is 18.0. The highest BCUT2D eigenvalue weighted by molar-refractivity contribution is 6.04. The van der Waals surface area contributed by atoms with Crippen LogP contribution in [-0.4, -0.2) is 32.1 Å². The molecule has 2 aromatic carbocycles. The molecule has 194 valence electrons. The lowest BCUT2D eigenvalue weighted by molar-refractivity contribution is -0.146. The zero-order chi connectivity index (χ0) is 25.9. The van der Waals surface area contributed by atoms with Crippen LogP contribution in [0.2, 0.25) is 0 Å². The first-order valence-electron chi connectivity index (χ1n) is 13.2. The Morgan fingerprint density at radius 3 is 2.41 bits per heavy atom. The summed E-state index contributed by atoms with van der Waals surface area (Å²) in [5, 5.41) is 3.45. The molecular formula is C31H35NO5. The van der Waals surface area contributed by atoms with Gasteiger partial charge in [-0.25, -0.2) is 4.79 Å². The molecule has 6 heteroatoms. The van der Waals surface area contributed by atoms with Crippen molar-refractivity contribution in [3.63, 3.8) is 0 Å². The zero-order valence-electron chi connectivity index (χ0n) is 21.8. The minimum Gasteiger partial charge on any atom is -0.497 e. The molecule has 0 bridgehead atoms. The van der Waals surface area contributed by atoms with Crippen LogP contribution >= 0.6 is 0 Å². The van der Waals surface area contributed by atoms with E-state index in [1.165, 1.54) is 6.42 Å². The van der Waals surface area contributed by atoms with E-state index in [9.17, 15) is 9.59 Å². The molecule has 2 aliphatic carbocycles. The maximum absolute atomic E-state index is 13.9. The third-order valence-corrected chi connectivity index (χ3v) is 7.89. The summed E-state index contributed by atoms with van der Waals surface area (Å²) < 4.78 is 17.3. The van der Waals surface area contributed by atoms with Crippen LogP contribution in [0.3, 0.4) is 0 Å². The number of dihydropyridines is 1. The highest BCUT2D eigenvalue weighted by Gasteiger charge is 2.43. The van der Waals surface area contributed by atoms with Crippen molar-refractivity contribution in [2.45, 2.75) is 69.8 Å². The molecule has 0 aromatic heterocycles. The van der Waals surface area contributed by atoms with Gasteiger partial charge in [-0.3, -0.25) is 4.79 Å². The summed E-state index contributed by atoms with van der Waals surface area (Å²) in [7, 11) is 3.21. The lowest BCUT2D eigenvalue weighted by Gasteiger charge is -2.37. The molecule has 1 N–H and O–H groups in total. The number of rotatable bonds is 6. The Bertz CT molecular complexity index is 1240. The van der Waals surface area contributed by atoms with E-state index in [1.54, 1.807) is 14.2 Å². The number of ether oxygens (including phenoxy) is 3. The van der Waals surface area contributed by atoms with E-state index in [1.807, 2.05) is 43.3 Å². The van der Waals surface area contributed by atoms with E-state index in [0.717, 1.165) is 48.2 Å². The van der Waals surface area contributed by atoms with Crippen molar-refractivity contribution in [2.75, 3.05) is 14.2 Å². The van der Waals surface area contributed by atoms with Crippen LogP contribution in [0.25, 0.3) is 0 Å². The van der Waals surface area contributed by atoms with Gasteiger partial charge >= 0.3 is 5.97 Å². The minimum atomic E-state index is -0.596. The molecule has 1 aliphatic heterocycles. The second-order valence-corrected chi connectivity index (χ2v) is 10.2. The van der Waals surface area contributed by atoms with Gasteiger partial charge in [-0.15, -0.1) is 0 Å². The molecule has 5 rings (SSSR count). The number of hydrogen-bond acceptors (Lipinski definition) is 6. The number of nitrogens with one attached hydrogen (secondary N) is 1. The Morgan fingerprint density at radius 1 is 0.946 bits per heavy atom. The van der Waals surface area contributed by atoms with Crippen molar-refractivity contribution in [3.05, 3.63) is 82.2 Å². The molecule has 3 aliphatic rings. The number of Topliss-reactive ketones (excluding diaryl/α,β-unsaturated/α-hetero) is 1. The highest BCUT2D eigenvalue weighted by Crippen LogP contribution is 2.48. The predicted octanol–water partition coefficient (Wildman–Crippen LogP) is 5.94. The monoisotopic (exact) mass is 501 g/mol. The molecule has 2 atom stereocenters. The van der Waals surface area contributed by atoms with E-state index >= 15 is 0 Å². The molecule has 0 radical (unpaired) electrons. The lowest BCUT2D eigenvalue weighted by Crippen LogP contribution is -2.37. The van der Waals surface area contributed by atoms with Gasteiger partial charge in [0.2, 0.25) is 0 Å². The van der Waals surface area contributed by atoms with Gasteiger partial charge in [-0.1, -0.05) is 36.8 Å². The average Bonchev–Trinajstić information content (AvgIpc) is 2.92. The van der Waals surface area contributed by atoms with Crippen LogP contribution in [-0.2, 0) is 14.3 Å². The normalized spacial score (nSPS) is 22.3. The predicted molar refractivity (Wildman–Crippen MR) is 142 cm³/mol. The molecule has 1 fully saturated rings. The Labute approximate surface area is 218 Å². The standard InChI is InChI=1S/C31H35NO5/c1-19-28(31(34)37-22-12-8-5-9-13-22)29(24-18-23(35-2)14-15-27(24)36-3)30-25(32-19)16-21(17-26(30)33)20-10-6-4-7-11-20/h4,6-7,10-11,14-15,18,21-22,29,32H,5,8-9,12-13,16-17H2,1-3H3/t21-,29+/m0/s1. The number of carbonyl (C=O) groups is 2. The number of carbonyl (C=O) groups excluding carboxylic acids is 2. The maximum atomic E-state index is 13.9. The van der Waals surface area contributed by atoms with Gasteiger partial charge in [0.05, 0.1) is 25.7 Å². The second kappa shape index (κ2) is 10.8. The van der Waals surface area contributed by atoms with E-state index in [0.29, 0.717) is 35.5 Å². The molecule has 0 unspecified atom stereocenters. The smallest absolute Gasteiger partial charge is 0.337 e. The van der Waals surface area contributed by atoms with Crippen LogP contribution in [0.4, 0.5) is 0 Å². The Morgan fingerprint density at radius 2 is 1.70 bits per heavy atom. The van der Waals surface area contributed by atoms with Crippen molar-refractivity contribution in [1.29, 1.82) is 0 Å². The molecule has 0 saturated heterocycles. The summed E-state index contributed by atoms with van der Waals surface area (Å²) in [4.78, 5) is 27.6. The van der Waals surface area contributed by atoms with Crippen LogP contribution in [0, 0.1) is 0 Å².